The van der Waals surface area contributed by atoms with Gasteiger partial charge in [-0.3, -0.25) is 4.79 Å². The highest BCUT2D eigenvalue weighted by Crippen LogP contribution is 2.04. The van der Waals surface area contributed by atoms with E-state index < -0.39 is 24.5 Å². The van der Waals surface area contributed by atoms with Crippen molar-refractivity contribution in [2.45, 2.75) is 39.5 Å². The average Bonchev–Trinajstić information content (AvgIpc) is 2.42. The first kappa shape index (κ1) is 18.1. The first-order valence-corrected chi connectivity index (χ1v) is 6.67. The summed E-state index contributed by atoms with van der Waals surface area (Å²) in [7, 11) is 0. The Balaban J connectivity index is 3.87. The van der Waals surface area contributed by atoms with Crippen LogP contribution in [0.5, 0.6) is 0 Å². The van der Waals surface area contributed by atoms with Gasteiger partial charge in [-0.05, 0) is 12.8 Å². The molecule has 0 heterocycles. The highest BCUT2D eigenvalue weighted by atomic mass is 16.6. The molecule has 0 amide bonds. The molecule has 0 bridgehead atoms. The molecule has 0 aromatic rings. The summed E-state index contributed by atoms with van der Waals surface area (Å²) < 4.78 is 14.3. The topological polar surface area (TPSA) is 78.9 Å². The van der Waals surface area contributed by atoms with E-state index in [9.17, 15) is 14.4 Å². The van der Waals surface area contributed by atoms with Gasteiger partial charge in [0.1, 0.15) is 0 Å². The highest BCUT2D eigenvalue weighted by molar-refractivity contribution is 5.93. The molecule has 0 aliphatic heterocycles. The molecule has 0 aliphatic rings. The van der Waals surface area contributed by atoms with E-state index in [-0.39, 0.29) is 18.6 Å². The predicted octanol–water partition coefficient (Wildman–Crippen LogP) is 1.77. The fourth-order valence-corrected chi connectivity index (χ4v) is 1.11. The summed E-state index contributed by atoms with van der Waals surface area (Å²) in [6.07, 6.45) is 2.06. The quantitative estimate of drug-likeness (QED) is 0.263. The molecule has 0 fully saturated rings. The third-order valence-corrected chi connectivity index (χ3v) is 2.20. The number of unbranched alkanes of at least 4 members (excludes halogenated alkanes) is 1. The van der Waals surface area contributed by atoms with Crippen molar-refractivity contribution in [1.29, 1.82) is 0 Å². The zero-order valence-corrected chi connectivity index (χ0v) is 12.1. The van der Waals surface area contributed by atoms with Gasteiger partial charge in [0.05, 0.1) is 19.6 Å². The fourth-order valence-electron chi connectivity index (χ4n) is 1.11. The molecule has 6 nitrogen and oxygen atoms in total. The molecular formula is C14H22O6. The molecule has 0 rings (SSSR count). The Bertz CT molecular complexity index is 348. The number of carbonyl (C=O) groups is 3. The van der Waals surface area contributed by atoms with Crippen LogP contribution in [0.3, 0.4) is 0 Å². The molecule has 114 valence electrons. The van der Waals surface area contributed by atoms with Crippen molar-refractivity contribution in [2.75, 3.05) is 19.8 Å². The first-order valence-electron chi connectivity index (χ1n) is 6.67. The summed E-state index contributed by atoms with van der Waals surface area (Å²) in [5.41, 5.74) is 0.00743. The number of carbonyl (C=O) groups excluding carboxylic acids is 3. The molecule has 0 unspecified atom stereocenters. The molecule has 0 N–H and O–H groups in total. The third kappa shape index (κ3) is 9.13. The van der Waals surface area contributed by atoms with Gasteiger partial charge in [0.25, 0.3) is 0 Å². The Morgan fingerprint density at radius 2 is 1.60 bits per heavy atom. The van der Waals surface area contributed by atoms with Crippen molar-refractivity contribution in [3.63, 3.8) is 0 Å². The fraction of sp³-hybridized carbons (Fsp3) is 0.643. The molecule has 0 atom stereocenters. The maximum atomic E-state index is 11.4. The SMILES string of the molecule is C=C(CC(=O)OCC(=O)OCCC)C(=O)OCCCC. The van der Waals surface area contributed by atoms with Crippen molar-refractivity contribution < 1.29 is 28.6 Å². The molecule has 0 aliphatic carbocycles. The van der Waals surface area contributed by atoms with Crippen LogP contribution in [0, 0.1) is 0 Å². The molecule has 0 saturated heterocycles. The normalized spacial score (nSPS) is 9.70. The van der Waals surface area contributed by atoms with Gasteiger partial charge in [0.2, 0.25) is 0 Å². The van der Waals surface area contributed by atoms with Crippen molar-refractivity contribution in [3.05, 3.63) is 12.2 Å². The van der Waals surface area contributed by atoms with E-state index in [4.69, 9.17) is 9.47 Å². The van der Waals surface area contributed by atoms with E-state index in [0.717, 1.165) is 12.8 Å². The predicted molar refractivity (Wildman–Crippen MR) is 71.8 cm³/mol. The lowest BCUT2D eigenvalue weighted by atomic mass is 10.2. The van der Waals surface area contributed by atoms with Crippen molar-refractivity contribution in [3.8, 4) is 0 Å². The van der Waals surface area contributed by atoms with Gasteiger partial charge in [0.15, 0.2) is 6.61 Å². The summed E-state index contributed by atoms with van der Waals surface area (Å²) in [6.45, 7) is 7.40. The van der Waals surface area contributed by atoms with Crippen LogP contribution in [0.15, 0.2) is 12.2 Å². The number of hydrogen-bond acceptors (Lipinski definition) is 6. The number of hydrogen-bond donors (Lipinski definition) is 0. The van der Waals surface area contributed by atoms with Crippen molar-refractivity contribution >= 4 is 17.9 Å². The van der Waals surface area contributed by atoms with Gasteiger partial charge in [-0.15, -0.1) is 0 Å². The van der Waals surface area contributed by atoms with E-state index in [2.05, 4.69) is 11.3 Å². The molecule has 0 aromatic heterocycles. The molecule has 6 heteroatoms. The van der Waals surface area contributed by atoms with Crippen molar-refractivity contribution in [2.24, 2.45) is 0 Å². The number of rotatable bonds is 10. The molecule has 0 saturated carbocycles. The molecule has 0 spiro atoms. The standard InChI is InChI=1S/C14H22O6/c1-4-6-8-19-14(17)11(3)9-12(15)20-10-13(16)18-7-5-2/h3-10H2,1-2H3. The zero-order chi connectivity index (χ0) is 15.4. The lowest BCUT2D eigenvalue weighted by Gasteiger charge is -2.07. The molecule has 0 radical (unpaired) electrons. The van der Waals surface area contributed by atoms with Crippen LogP contribution in [0.25, 0.3) is 0 Å². The Hall–Kier alpha value is -1.85. The molecule has 20 heavy (non-hydrogen) atoms. The summed E-state index contributed by atoms with van der Waals surface area (Å²) in [4.78, 5) is 33.9. The van der Waals surface area contributed by atoms with E-state index in [1.165, 1.54) is 0 Å². The van der Waals surface area contributed by atoms with Crippen LogP contribution in [0.2, 0.25) is 0 Å². The Kier molecular flexibility index (Phi) is 10.00. The lowest BCUT2D eigenvalue weighted by Crippen LogP contribution is -2.18. The third-order valence-electron chi connectivity index (χ3n) is 2.20. The number of ether oxygens (including phenoxy) is 3. The van der Waals surface area contributed by atoms with Crippen molar-refractivity contribution in [1.82, 2.24) is 0 Å². The van der Waals surface area contributed by atoms with Crippen LogP contribution in [0.1, 0.15) is 39.5 Å². The van der Waals surface area contributed by atoms with Gasteiger partial charge < -0.3 is 14.2 Å². The van der Waals surface area contributed by atoms with E-state index >= 15 is 0 Å². The van der Waals surface area contributed by atoms with E-state index in [1.54, 1.807) is 0 Å². The Morgan fingerprint density at radius 3 is 2.20 bits per heavy atom. The van der Waals surface area contributed by atoms with Crippen LogP contribution in [0.4, 0.5) is 0 Å². The second-order valence-electron chi connectivity index (χ2n) is 4.15. The minimum Gasteiger partial charge on any atom is -0.463 e. The lowest BCUT2D eigenvalue weighted by molar-refractivity contribution is -0.158. The molecular weight excluding hydrogens is 264 g/mol. The maximum Gasteiger partial charge on any atom is 0.344 e. The summed E-state index contributed by atoms with van der Waals surface area (Å²) in [5.74, 6) is -1.95. The van der Waals surface area contributed by atoms with E-state index in [0.29, 0.717) is 13.0 Å². The summed E-state index contributed by atoms with van der Waals surface area (Å²) >= 11 is 0. The Morgan fingerprint density at radius 1 is 0.900 bits per heavy atom. The van der Waals surface area contributed by atoms with Crippen LogP contribution in [-0.2, 0) is 28.6 Å². The van der Waals surface area contributed by atoms with Gasteiger partial charge in [-0.2, -0.15) is 0 Å². The van der Waals surface area contributed by atoms with Crippen LogP contribution in [-0.4, -0.2) is 37.7 Å². The summed E-state index contributed by atoms with van der Waals surface area (Å²) in [6, 6.07) is 0. The summed E-state index contributed by atoms with van der Waals surface area (Å²) in [5, 5.41) is 0. The van der Waals surface area contributed by atoms with Gasteiger partial charge in [-0.1, -0.05) is 26.8 Å². The second kappa shape index (κ2) is 11.0. The molecule has 0 aromatic carbocycles. The largest absolute Gasteiger partial charge is 0.463 e. The highest BCUT2D eigenvalue weighted by Gasteiger charge is 2.15. The first-order chi connectivity index (χ1) is 9.51. The Labute approximate surface area is 119 Å². The second-order valence-corrected chi connectivity index (χ2v) is 4.15. The average molecular weight is 286 g/mol. The van der Waals surface area contributed by atoms with Crippen LogP contribution >= 0.6 is 0 Å². The van der Waals surface area contributed by atoms with Gasteiger partial charge in [0, 0.05) is 5.57 Å². The minimum absolute atomic E-state index is 0.00743. The van der Waals surface area contributed by atoms with E-state index in [1.807, 2.05) is 13.8 Å². The maximum absolute atomic E-state index is 11.4. The van der Waals surface area contributed by atoms with Gasteiger partial charge >= 0.3 is 17.9 Å². The smallest absolute Gasteiger partial charge is 0.344 e. The monoisotopic (exact) mass is 286 g/mol. The van der Waals surface area contributed by atoms with Gasteiger partial charge in [-0.25, -0.2) is 9.59 Å². The zero-order valence-electron chi connectivity index (χ0n) is 12.1. The van der Waals surface area contributed by atoms with Crippen LogP contribution < -0.4 is 0 Å². The number of esters is 3. The minimum atomic E-state index is -0.712.